The lowest BCUT2D eigenvalue weighted by Crippen LogP contribution is -2.55. The number of phenols is 2. The van der Waals surface area contributed by atoms with Crippen molar-refractivity contribution in [1.29, 1.82) is 0 Å². The highest BCUT2D eigenvalue weighted by Crippen LogP contribution is 2.43. The molecule has 3 heterocycles. The third-order valence-corrected chi connectivity index (χ3v) is 9.28. The minimum Gasteiger partial charge on any atom is -0.507 e. The fourth-order valence-corrected chi connectivity index (χ4v) is 6.96. The van der Waals surface area contributed by atoms with E-state index in [9.17, 15) is 34.8 Å². The molecule has 3 aliphatic heterocycles. The normalized spacial score (nSPS) is 28.5. The Kier molecular flexibility index (Phi) is 8.91. The van der Waals surface area contributed by atoms with Crippen molar-refractivity contribution in [1.82, 2.24) is 4.90 Å². The van der Waals surface area contributed by atoms with Crippen LogP contribution in [0, 0.1) is 0 Å². The second-order valence-electron chi connectivity index (χ2n) is 11.9. The molecule has 0 bridgehead atoms. The van der Waals surface area contributed by atoms with Gasteiger partial charge in [-0.1, -0.05) is 12.1 Å². The molecule has 0 spiro atoms. The second kappa shape index (κ2) is 12.6. The number of ether oxygens (including phenoxy) is 6. The molecule has 3 saturated heterocycles. The van der Waals surface area contributed by atoms with Gasteiger partial charge in [0.25, 0.3) is 0 Å². The van der Waals surface area contributed by atoms with E-state index in [2.05, 4.69) is 4.90 Å². The monoisotopic (exact) mass is 643 g/mol. The van der Waals surface area contributed by atoms with Crippen molar-refractivity contribution in [3.63, 3.8) is 0 Å². The van der Waals surface area contributed by atoms with E-state index in [1.807, 2.05) is 6.92 Å². The molecule has 1 aliphatic carbocycles. The average molecular weight is 644 g/mol. The Hall–Kier alpha value is -3.47. The largest absolute Gasteiger partial charge is 0.507 e. The Bertz CT molecular complexity index is 1540. The van der Waals surface area contributed by atoms with Gasteiger partial charge in [0.1, 0.15) is 35.6 Å². The number of nitrogens with zero attached hydrogens (tertiary/aromatic N) is 1. The van der Waals surface area contributed by atoms with E-state index in [0.29, 0.717) is 19.6 Å². The summed E-state index contributed by atoms with van der Waals surface area (Å²) >= 11 is 0. The molecule has 3 fully saturated rings. The predicted molar refractivity (Wildman–Crippen MR) is 156 cm³/mol. The van der Waals surface area contributed by atoms with Gasteiger partial charge in [0.15, 0.2) is 30.4 Å². The minimum absolute atomic E-state index is 0.0310. The van der Waals surface area contributed by atoms with Crippen LogP contribution in [-0.4, -0.2) is 126 Å². The molecule has 0 saturated carbocycles. The molecular formula is C32H37NO13. The maximum Gasteiger partial charge on any atom is 0.202 e. The molecule has 46 heavy (non-hydrogen) atoms. The van der Waals surface area contributed by atoms with Gasteiger partial charge in [0.2, 0.25) is 5.78 Å². The molecule has 7 atom stereocenters. The van der Waals surface area contributed by atoms with Gasteiger partial charge in [-0.2, -0.15) is 0 Å². The molecule has 6 rings (SSSR count). The van der Waals surface area contributed by atoms with Crippen molar-refractivity contribution in [2.24, 2.45) is 0 Å². The van der Waals surface area contributed by atoms with Gasteiger partial charge in [-0.15, -0.1) is 0 Å². The van der Waals surface area contributed by atoms with Crippen molar-refractivity contribution >= 4 is 17.3 Å². The number of carbonyl (C=O) groups is 3. The number of hydrogen-bond acceptors (Lipinski definition) is 14. The number of aromatic hydroxyl groups is 2. The molecule has 2 aromatic rings. The lowest BCUT2D eigenvalue weighted by Gasteiger charge is -2.40. The number of phenolic OH excluding ortho intramolecular Hbond substituents is 2. The molecule has 0 aromatic heterocycles. The smallest absolute Gasteiger partial charge is 0.202 e. The van der Waals surface area contributed by atoms with Crippen LogP contribution in [0.2, 0.25) is 0 Å². The number of Topliss-reactive ketones (excluding diaryl/α,β-unsaturated/α-hetero) is 1. The van der Waals surface area contributed by atoms with Crippen molar-refractivity contribution in [2.45, 2.75) is 68.8 Å². The van der Waals surface area contributed by atoms with Crippen LogP contribution in [0.5, 0.6) is 17.2 Å². The number of carbonyl (C=O) groups excluding carboxylic acids is 3. The molecule has 248 valence electrons. The van der Waals surface area contributed by atoms with Gasteiger partial charge in [0, 0.05) is 50.1 Å². The highest BCUT2D eigenvalue weighted by atomic mass is 16.7. The number of hydrogen-bond donors (Lipinski definition) is 4. The van der Waals surface area contributed by atoms with E-state index in [0.717, 1.165) is 6.07 Å². The number of benzene rings is 2. The molecule has 14 heteroatoms. The lowest BCUT2D eigenvalue weighted by atomic mass is 9.79. The molecule has 0 amide bonds. The Morgan fingerprint density at radius 2 is 1.89 bits per heavy atom. The summed E-state index contributed by atoms with van der Waals surface area (Å²) in [7, 11) is 2.89. The second-order valence-corrected chi connectivity index (χ2v) is 11.9. The van der Waals surface area contributed by atoms with Crippen LogP contribution in [0.3, 0.4) is 0 Å². The van der Waals surface area contributed by atoms with Crippen LogP contribution in [-0.2, 0) is 34.9 Å². The quantitative estimate of drug-likeness (QED) is 0.225. The third kappa shape index (κ3) is 5.38. The Morgan fingerprint density at radius 3 is 2.61 bits per heavy atom. The summed E-state index contributed by atoms with van der Waals surface area (Å²) in [6.07, 6.45) is -2.66. The fourth-order valence-electron chi connectivity index (χ4n) is 6.96. The summed E-state index contributed by atoms with van der Waals surface area (Å²) in [4.78, 5) is 41.9. The van der Waals surface area contributed by atoms with Crippen molar-refractivity contribution in [3.05, 3.63) is 52.1 Å². The van der Waals surface area contributed by atoms with Crippen molar-refractivity contribution in [2.75, 3.05) is 40.6 Å². The number of rotatable bonds is 10. The number of aliphatic hydroxyl groups excluding tert-OH is 1. The SMILES string of the molecule is COc1cccc2c1C(=O)c1c(O)cc(C[C@](O)(CCO[C@H]3C[C@H]4[C@H](O[C@@H]5[C@@H](OC)OCCN54)[C@H](C)O3)C(=O)CO)c(O)c1C2=O. The molecule has 14 nitrogen and oxygen atoms in total. The molecule has 2 aromatic carbocycles. The van der Waals surface area contributed by atoms with Gasteiger partial charge in [-0.05, 0) is 19.1 Å². The van der Waals surface area contributed by atoms with E-state index in [-0.39, 0.29) is 59.9 Å². The Labute approximate surface area is 264 Å². The van der Waals surface area contributed by atoms with Crippen molar-refractivity contribution in [3.8, 4) is 17.2 Å². The van der Waals surface area contributed by atoms with E-state index >= 15 is 0 Å². The van der Waals surface area contributed by atoms with Crippen LogP contribution in [0.15, 0.2) is 24.3 Å². The van der Waals surface area contributed by atoms with Gasteiger partial charge >= 0.3 is 0 Å². The summed E-state index contributed by atoms with van der Waals surface area (Å²) in [5, 5.41) is 43.3. The summed E-state index contributed by atoms with van der Waals surface area (Å²) in [6.45, 7) is 1.79. The first-order valence-corrected chi connectivity index (χ1v) is 15.1. The molecule has 4 aliphatic rings. The topological polar surface area (TPSA) is 191 Å². The summed E-state index contributed by atoms with van der Waals surface area (Å²) in [5.74, 6) is -3.60. The predicted octanol–water partition coefficient (Wildman–Crippen LogP) is 0.657. The van der Waals surface area contributed by atoms with Crippen LogP contribution in [0.25, 0.3) is 0 Å². The van der Waals surface area contributed by atoms with Gasteiger partial charge in [0.05, 0.1) is 43.1 Å². The number of fused-ring (bicyclic) bond motifs is 5. The van der Waals surface area contributed by atoms with Crippen LogP contribution >= 0.6 is 0 Å². The number of morpholine rings is 1. The minimum atomic E-state index is -2.27. The van der Waals surface area contributed by atoms with E-state index < -0.39 is 71.2 Å². The zero-order valence-electron chi connectivity index (χ0n) is 25.6. The summed E-state index contributed by atoms with van der Waals surface area (Å²) in [6, 6.07) is 5.39. The summed E-state index contributed by atoms with van der Waals surface area (Å²) in [5.41, 5.74) is -3.39. The van der Waals surface area contributed by atoms with Crippen LogP contribution in [0.1, 0.15) is 57.2 Å². The van der Waals surface area contributed by atoms with Gasteiger partial charge < -0.3 is 48.8 Å². The van der Waals surface area contributed by atoms with Crippen molar-refractivity contribution < 1.29 is 63.2 Å². The average Bonchev–Trinajstić information content (AvgIpc) is 3.43. The highest BCUT2D eigenvalue weighted by molar-refractivity contribution is 6.31. The third-order valence-electron chi connectivity index (χ3n) is 9.28. The summed E-state index contributed by atoms with van der Waals surface area (Å²) < 4.78 is 34.5. The lowest BCUT2D eigenvalue weighted by molar-refractivity contribution is -0.250. The first-order chi connectivity index (χ1) is 22.0. The molecule has 4 N–H and O–H groups in total. The van der Waals surface area contributed by atoms with Gasteiger partial charge in [-0.25, -0.2) is 0 Å². The fraction of sp³-hybridized carbons (Fsp3) is 0.531. The van der Waals surface area contributed by atoms with E-state index in [1.165, 1.54) is 25.3 Å². The van der Waals surface area contributed by atoms with E-state index in [4.69, 9.17) is 28.4 Å². The van der Waals surface area contributed by atoms with Gasteiger partial charge in [-0.3, -0.25) is 19.3 Å². The van der Waals surface area contributed by atoms with Crippen LogP contribution in [0.4, 0.5) is 0 Å². The first-order valence-electron chi connectivity index (χ1n) is 15.1. The number of ketones is 3. The maximum absolute atomic E-state index is 13.5. The maximum atomic E-state index is 13.5. The number of methoxy groups -OCH3 is 2. The standard InChI is InChI=1S/C32H37NO13/c1-15-29-18(33-8-10-44-31(42-3)30(33)46-29)12-22(45-15)43-9-7-32(40,21(36)14-34)13-16-11-19(35)24-25(26(16)37)27(38)17-5-4-6-20(41-2)23(17)28(24)39/h4-6,11,15,18,22,29-31,34-35,37,40H,7-10,12-14H2,1-3H3/t15-,18-,22+,29+,30+,31-,32+/m0/s1. The molecule has 0 unspecified atom stereocenters. The molecule has 0 radical (unpaired) electrons. The van der Waals surface area contributed by atoms with Crippen LogP contribution < -0.4 is 4.74 Å². The zero-order valence-corrected chi connectivity index (χ0v) is 25.6. The number of aliphatic hydroxyl groups is 2. The molecular weight excluding hydrogens is 606 g/mol. The Balaban J connectivity index is 1.19. The van der Waals surface area contributed by atoms with E-state index in [1.54, 1.807) is 7.11 Å². The first kappa shape index (κ1) is 32.5. The Morgan fingerprint density at radius 1 is 1.11 bits per heavy atom. The highest BCUT2D eigenvalue weighted by Gasteiger charge is 2.53. The zero-order chi connectivity index (χ0) is 32.9.